The van der Waals surface area contributed by atoms with Gasteiger partial charge in [0, 0.05) is 72.6 Å². The van der Waals surface area contributed by atoms with Crippen LogP contribution in [0.1, 0.15) is 106 Å². The van der Waals surface area contributed by atoms with Gasteiger partial charge in [-0.1, -0.05) is 29.8 Å². The number of nitrogen functional groups attached to an aromatic ring is 2. The van der Waals surface area contributed by atoms with Crippen molar-refractivity contribution in [1.29, 1.82) is 0 Å². The topological polar surface area (TPSA) is 201 Å². The van der Waals surface area contributed by atoms with E-state index in [1.165, 1.54) is 12.1 Å². The van der Waals surface area contributed by atoms with Crippen LogP contribution in [-0.2, 0) is 15.8 Å². The molecule has 14 nitrogen and oxygen atoms in total. The maximum atomic E-state index is 12.8. The summed E-state index contributed by atoms with van der Waals surface area (Å²) in [6.07, 6.45) is 6.03. The van der Waals surface area contributed by atoms with Gasteiger partial charge in [0.1, 0.15) is 5.82 Å². The zero-order valence-corrected chi connectivity index (χ0v) is 36.7. The van der Waals surface area contributed by atoms with Gasteiger partial charge in [-0.2, -0.15) is 13.2 Å². The number of amides is 4. The van der Waals surface area contributed by atoms with Gasteiger partial charge in [-0.3, -0.25) is 34.0 Å². The number of aromatic nitrogens is 2. The van der Waals surface area contributed by atoms with Crippen molar-refractivity contribution in [3.63, 3.8) is 0 Å². The predicted octanol–water partition coefficient (Wildman–Crippen LogP) is 5.17. The van der Waals surface area contributed by atoms with Crippen LogP contribution < -0.4 is 32.7 Å². The fourth-order valence-corrected chi connectivity index (χ4v) is 9.34. The molecule has 0 radical (unpaired) electrons. The molecule has 0 spiro atoms. The molecule has 8 rings (SSSR count). The Morgan fingerprint density at radius 1 is 0.646 bits per heavy atom. The third kappa shape index (κ3) is 13.0. The average Bonchev–Trinajstić information content (AvgIpc) is 3.27. The molecule has 4 heterocycles. The van der Waals surface area contributed by atoms with E-state index in [2.05, 4.69) is 41.0 Å². The van der Waals surface area contributed by atoms with Crippen LogP contribution in [0.5, 0.6) is 0 Å². The van der Waals surface area contributed by atoms with Crippen LogP contribution in [0, 0.1) is 6.92 Å². The first-order valence-electron chi connectivity index (χ1n) is 22.5. The summed E-state index contributed by atoms with van der Waals surface area (Å²) in [6.45, 7) is 4.92. The standard InChI is InChI=1S/C24H28F3N5O2.C24H31N5O2/c25-24(26,27)17-4-1-3-16(11-17)23(34)29-12-22(33)30-18-13-32(14-18)19-9-7-15(8-10-19)20-5-2-6-21(28)31-20;1-16-3-2-4-18(11-16)24(31)27-13-23(30)28-20-14-29(15-20)21-8-5-17(6-9-21)22-10-7-19(25)12-26-22/h1-6,11,15,18-19H,7-10,12-14H2,(H2,28,31)(H,29,34)(H,30,33);2-4,7,10-12,17,20-21H,5-6,8-9,13-15,25H2,1H3,(H,27,31)(H,28,30). The molecular formula is C48H59F3N10O4. The van der Waals surface area contributed by atoms with E-state index in [4.69, 9.17) is 11.5 Å². The Balaban J connectivity index is 0.000000195. The fourth-order valence-electron chi connectivity index (χ4n) is 9.34. The lowest BCUT2D eigenvalue weighted by Gasteiger charge is -2.46. The molecule has 2 saturated carbocycles. The van der Waals surface area contributed by atoms with E-state index in [-0.39, 0.29) is 48.5 Å². The number of hydrogen-bond donors (Lipinski definition) is 6. The quantitative estimate of drug-likeness (QED) is 0.110. The highest BCUT2D eigenvalue weighted by Gasteiger charge is 2.37. The Hall–Kier alpha value is -6.07. The number of pyridine rings is 2. The molecule has 8 N–H and O–H groups in total. The number of alkyl halides is 3. The molecule has 17 heteroatoms. The summed E-state index contributed by atoms with van der Waals surface area (Å²) in [5.74, 6) is 0.0594. The minimum atomic E-state index is -4.53. The molecule has 4 fully saturated rings. The second kappa shape index (κ2) is 21.3. The van der Waals surface area contributed by atoms with Crippen molar-refractivity contribution in [3.8, 4) is 0 Å². The summed E-state index contributed by atoms with van der Waals surface area (Å²) in [4.78, 5) is 62.4. The van der Waals surface area contributed by atoms with E-state index in [0.29, 0.717) is 41.0 Å². The van der Waals surface area contributed by atoms with Gasteiger partial charge in [0.2, 0.25) is 11.8 Å². The molecule has 4 amide bonds. The van der Waals surface area contributed by atoms with Crippen molar-refractivity contribution in [3.05, 3.63) is 119 Å². The summed E-state index contributed by atoms with van der Waals surface area (Å²) >= 11 is 0. The van der Waals surface area contributed by atoms with Crippen LogP contribution in [0.3, 0.4) is 0 Å². The van der Waals surface area contributed by atoms with Gasteiger partial charge in [0.15, 0.2) is 0 Å². The highest BCUT2D eigenvalue weighted by molar-refractivity contribution is 5.97. The van der Waals surface area contributed by atoms with Crippen LogP contribution in [0.2, 0.25) is 0 Å². The van der Waals surface area contributed by atoms with Crippen LogP contribution in [0.4, 0.5) is 24.7 Å². The second-order valence-electron chi connectivity index (χ2n) is 17.8. The second-order valence-corrected chi connectivity index (χ2v) is 17.8. The third-order valence-electron chi connectivity index (χ3n) is 13.0. The van der Waals surface area contributed by atoms with Crippen LogP contribution in [0.25, 0.3) is 0 Å². The number of carbonyl (C=O) groups excluding carboxylic acids is 4. The molecule has 346 valence electrons. The maximum absolute atomic E-state index is 12.8. The van der Waals surface area contributed by atoms with E-state index in [9.17, 15) is 32.3 Å². The van der Waals surface area contributed by atoms with Crippen molar-refractivity contribution < 1.29 is 32.3 Å². The Bertz CT molecular complexity index is 2270. The summed E-state index contributed by atoms with van der Waals surface area (Å²) in [7, 11) is 0. The number of halogens is 3. The van der Waals surface area contributed by atoms with Crippen molar-refractivity contribution >= 4 is 35.1 Å². The molecule has 0 bridgehead atoms. The van der Waals surface area contributed by atoms with E-state index >= 15 is 0 Å². The number of hydrogen-bond acceptors (Lipinski definition) is 10. The van der Waals surface area contributed by atoms with Gasteiger partial charge in [-0.25, -0.2) is 4.98 Å². The number of nitrogens with one attached hydrogen (secondary N) is 4. The first-order valence-corrected chi connectivity index (χ1v) is 22.5. The first-order chi connectivity index (χ1) is 31.2. The number of benzene rings is 2. The van der Waals surface area contributed by atoms with Gasteiger partial charge < -0.3 is 32.7 Å². The molecule has 0 unspecified atom stereocenters. The number of anilines is 2. The maximum Gasteiger partial charge on any atom is 0.416 e. The van der Waals surface area contributed by atoms with Gasteiger partial charge >= 0.3 is 6.18 Å². The first kappa shape index (κ1) is 46.9. The molecule has 4 aromatic rings. The molecule has 2 aliphatic heterocycles. The number of nitrogens with zero attached hydrogens (tertiary/aromatic N) is 4. The Kier molecular flexibility index (Phi) is 15.4. The van der Waals surface area contributed by atoms with Gasteiger partial charge in [0.05, 0.1) is 42.6 Å². The van der Waals surface area contributed by atoms with E-state index in [0.717, 1.165) is 107 Å². The minimum Gasteiger partial charge on any atom is -0.397 e. The van der Waals surface area contributed by atoms with Crippen molar-refractivity contribution in [2.75, 3.05) is 50.7 Å². The molecule has 2 saturated heterocycles. The molecule has 4 aliphatic rings. The Morgan fingerprint density at radius 2 is 1.15 bits per heavy atom. The lowest BCUT2D eigenvalue weighted by Crippen LogP contribution is -2.63. The molecule has 2 aromatic carbocycles. The third-order valence-corrected chi connectivity index (χ3v) is 13.0. The number of carbonyl (C=O) groups is 4. The van der Waals surface area contributed by atoms with E-state index in [1.54, 1.807) is 18.3 Å². The molecule has 2 aliphatic carbocycles. The van der Waals surface area contributed by atoms with Gasteiger partial charge in [-0.15, -0.1) is 0 Å². The Morgan fingerprint density at radius 3 is 1.65 bits per heavy atom. The van der Waals surface area contributed by atoms with Crippen LogP contribution in [0.15, 0.2) is 85.1 Å². The summed E-state index contributed by atoms with van der Waals surface area (Å²) < 4.78 is 38.4. The van der Waals surface area contributed by atoms with Crippen molar-refractivity contribution in [2.45, 2.75) is 100 Å². The highest BCUT2D eigenvalue weighted by Crippen LogP contribution is 2.37. The van der Waals surface area contributed by atoms with Gasteiger partial charge in [-0.05, 0) is 113 Å². The zero-order chi connectivity index (χ0) is 46.1. The number of nitrogens with two attached hydrogens (primary N) is 2. The normalized spacial score (nSPS) is 21.7. The highest BCUT2D eigenvalue weighted by atomic mass is 19.4. The van der Waals surface area contributed by atoms with Crippen LogP contribution >= 0.6 is 0 Å². The molecule has 2 aromatic heterocycles. The zero-order valence-electron chi connectivity index (χ0n) is 36.7. The molecular weight excluding hydrogens is 838 g/mol. The average molecular weight is 897 g/mol. The van der Waals surface area contributed by atoms with Gasteiger partial charge in [0.25, 0.3) is 11.8 Å². The SMILES string of the molecule is Cc1cccc(C(=O)NCC(=O)NC2CN(C3CCC(c4ccc(N)cn4)CC3)C2)c1.Nc1cccc(C2CCC(N3CC(NC(=O)CNC(=O)c4cccc(C(F)(F)F)c4)C3)CC2)n1. The predicted molar refractivity (Wildman–Crippen MR) is 242 cm³/mol. The Labute approximate surface area is 377 Å². The molecule has 0 atom stereocenters. The summed E-state index contributed by atoms with van der Waals surface area (Å²) in [5.41, 5.74) is 15.0. The lowest BCUT2D eigenvalue weighted by molar-refractivity contribution is -0.137. The fraction of sp³-hybridized carbons (Fsp3) is 0.458. The number of aryl methyl sites for hydroxylation is 1. The smallest absolute Gasteiger partial charge is 0.397 e. The molecule has 65 heavy (non-hydrogen) atoms. The summed E-state index contributed by atoms with van der Waals surface area (Å²) in [6, 6.07) is 22.4. The monoisotopic (exact) mass is 896 g/mol. The largest absolute Gasteiger partial charge is 0.416 e. The van der Waals surface area contributed by atoms with E-state index in [1.807, 2.05) is 49.4 Å². The number of rotatable bonds is 12. The van der Waals surface area contributed by atoms with E-state index < -0.39 is 17.6 Å². The van der Waals surface area contributed by atoms with Crippen LogP contribution in [-0.4, -0.2) is 107 Å². The lowest BCUT2D eigenvalue weighted by atomic mass is 9.82. The summed E-state index contributed by atoms with van der Waals surface area (Å²) in [5, 5.41) is 11.0. The van der Waals surface area contributed by atoms with Crippen molar-refractivity contribution in [2.24, 2.45) is 0 Å². The number of likely N-dealkylation sites (tertiary alicyclic amines) is 2. The minimum absolute atomic E-state index is 0.00295. The van der Waals surface area contributed by atoms with Crippen molar-refractivity contribution in [1.82, 2.24) is 41.0 Å².